The van der Waals surface area contributed by atoms with Crippen LogP contribution < -0.4 is 5.32 Å². The summed E-state index contributed by atoms with van der Waals surface area (Å²) in [7, 11) is 0. The number of hydrogen-bond donors (Lipinski definition) is 3. The van der Waals surface area contributed by atoms with Crippen molar-refractivity contribution in [2.75, 3.05) is 11.9 Å². The smallest absolute Gasteiger partial charge is 0.394 e. The number of H-pyrrole nitrogens is 1. The standard InChI is InChI=1S/C9H10F3N5O/c1-4(2-18)15-7-5-6(14-3-13-5)16-8(17-7)9(10,11)12/h3-4,18H,2H2,1H3,(H2,13,14,15,16,17). The highest BCUT2D eigenvalue weighted by Gasteiger charge is 2.36. The van der Waals surface area contributed by atoms with Gasteiger partial charge in [0.1, 0.15) is 5.52 Å². The summed E-state index contributed by atoms with van der Waals surface area (Å²) in [4.78, 5) is 13.0. The van der Waals surface area contributed by atoms with Crippen LogP contribution in [-0.4, -0.2) is 37.7 Å². The number of rotatable bonds is 3. The molecular weight excluding hydrogens is 251 g/mol. The van der Waals surface area contributed by atoms with Gasteiger partial charge < -0.3 is 15.4 Å². The molecule has 2 aromatic heterocycles. The normalized spacial score (nSPS) is 13.8. The van der Waals surface area contributed by atoms with Gasteiger partial charge in [-0.05, 0) is 6.92 Å². The van der Waals surface area contributed by atoms with E-state index in [2.05, 4.69) is 25.3 Å². The van der Waals surface area contributed by atoms with Crippen molar-refractivity contribution in [1.82, 2.24) is 19.9 Å². The van der Waals surface area contributed by atoms with E-state index in [0.717, 1.165) is 0 Å². The maximum Gasteiger partial charge on any atom is 0.451 e. The molecule has 0 saturated heterocycles. The van der Waals surface area contributed by atoms with E-state index in [-0.39, 0.29) is 23.6 Å². The van der Waals surface area contributed by atoms with Crippen LogP contribution >= 0.6 is 0 Å². The van der Waals surface area contributed by atoms with Crippen molar-refractivity contribution in [1.29, 1.82) is 0 Å². The van der Waals surface area contributed by atoms with Crippen LogP contribution in [0.5, 0.6) is 0 Å². The molecule has 0 aliphatic carbocycles. The number of alkyl halides is 3. The van der Waals surface area contributed by atoms with Crippen LogP contribution in [-0.2, 0) is 6.18 Å². The predicted molar refractivity (Wildman–Crippen MR) is 56.9 cm³/mol. The van der Waals surface area contributed by atoms with Crippen molar-refractivity contribution in [3.63, 3.8) is 0 Å². The summed E-state index contributed by atoms with van der Waals surface area (Å²) in [5, 5.41) is 11.6. The Hall–Kier alpha value is -1.90. The van der Waals surface area contributed by atoms with E-state index in [1.807, 2.05) is 0 Å². The average Bonchev–Trinajstić information content (AvgIpc) is 2.75. The fourth-order valence-electron chi connectivity index (χ4n) is 1.34. The van der Waals surface area contributed by atoms with Gasteiger partial charge in [-0.15, -0.1) is 0 Å². The van der Waals surface area contributed by atoms with Crippen molar-refractivity contribution >= 4 is 17.0 Å². The molecule has 0 radical (unpaired) electrons. The van der Waals surface area contributed by atoms with E-state index < -0.39 is 18.0 Å². The van der Waals surface area contributed by atoms with Gasteiger partial charge in [-0.25, -0.2) is 15.0 Å². The molecule has 0 aliphatic heterocycles. The highest BCUT2D eigenvalue weighted by atomic mass is 19.4. The maximum absolute atomic E-state index is 12.6. The summed E-state index contributed by atoms with van der Waals surface area (Å²) < 4.78 is 37.7. The lowest BCUT2D eigenvalue weighted by Gasteiger charge is -2.13. The lowest BCUT2D eigenvalue weighted by molar-refractivity contribution is -0.144. The third kappa shape index (κ3) is 2.35. The zero-order valence-corrected chi connectivity index (χ0v) is 9.28. The van der Waals surface area contributed by atoms with E-state index in [1.165, 1.54) is 6.33 Å². The number of imidazole rings is 1. The highest BCUT2D eigenvalue weighted by molar-refractivity contribution is 5.82. The molecule has 0 aliphatic rings. The summed E-state index contributed by atoms with van der Waals surface area (Å²) in [5.41, 5.74) is 0.188. The molecule has 2 aromatic rings. The number of anilines is 1. The Morgan fingerprint density at radius 3 is 2.78 bits per heavy atom. The number of aliphatic hydroxyl groups excluding tert-OH is 1. The Balaban J connectivity index is 2.52. The number of nitrogens with zero attached hydrogens (tertiary/aromatic N) is 3. The Morgan fingerprint density at radius 1 is 1.44 bits per heavy atom. The minimum Gasteiger partial charge on any atom is -0.394 e. The lowest BCUT2D eigenvalue weighted by atomic mass is 10.3. The molecule has 0 bridgehead atoms. The van der Waals surface area contributed by atoms with Crippen molar-refractivity contribution in [2.45, 2.75) is 19.1 Å². The van der Waals surface area contributed by atoms with Gasteiger partial charge >= 0.3 is 6.18 Å². The molecule has 3 N–H and O–H groups in total. The van der Waals surface area contributed by atoms with E-state index in [9.17, 15) is 13.2 Å². The molecule has 0 amide bonds. The second-order valence-electron chi connectivity index (χ2n) is 3.72. The minimum atomic E-state index is -4.65. The Kier molecular flexibility index (Phi) is 3.07. The minimum absolute atomic E-state index is 0.0358. The number of aromatic nitrogens is 4. The second kappa shape index (κ2) is 4.41. The van der Waals surface area contributed by atoms with Crippen molar-refractivity contribution < 1.29 is 18.3 Å². The number of fused-ring (bicyclic) bond motifs is 1. The summed E-state index contributed by atoms with van der Waals surface area (Å²) in [6, 6.07) is -0.438. The van der Waals surface area contributed by atoms with E-state index in [1.54, 1.807) is 6.92 Å². The fraction of sp³-hybridized carbons (Fsp3) is 0.444. The molecule has 2 rings (SSSR count). The first kappa shape index (κ1) is 12.6. The Labute approximate surface area is 99.3 Å². The molecule has 0 saturated carbocycles. The van der Waals surface area contributed by atoms with Gasteiger partial charge in [0.2, 0.25) is 5.82 Å². The zero-order valence-electron chi connectivity index (χ0n) is 9.28. The van der Waals surface area contributed by atoms with Crippen LogP contribution in [0.3, 0.4) is 0 Å². The van der Waals surface area contributed by atoms with Gasteiger partial charge in [-0.3, -0.25) is 0 Å². The third-order valence-corrected chi connectivity index (χ3v) is 2.20. The monoisotopic (exact) mass is 261 g/mol. The molecule has 0 fully saturated rings. The van der Waals surface area contributed by atoms with Crippen LogP contribution in [0.15, 0.2) is 6.33 Å². The molecular formula is C9H10F3N5O. The van der Waals surface area contributed by atoms with Gasteiger partial charge in [-0.2, -0.15) is 13.2 Å². The summed E-state index contributed by atoms with van der Waals surface area (Å²) in [5.74, 6) is -1.30. The fourth-order valence-corrected chi connectivity index (χ4v) is 1.34. The quantitative estimate of drug-likeness (QED) is 0.772. The largest absolute Gasteiger partial charge is 0.451 e. The van der Waals surface area contributed by atoms with E-state index in [0.29, 0.717) is 0 Å². The second-order valence-corrected chi connectivity index (χ2v) is 3.72. The van der Waals surface area contributed by atoms with Gasteiger partial charge in [-0.1, -0.05) is 0 Å². The number of halogens is 3. The van der Waals surface area contributed by atoms with Crippen LogP contribution in [0.25, 0.3) is 11.2 Å². The molecule has 0 aromatic carbocycles. The summed E-state index contributed by atoms with van der Waals surface area (Å²) in [6.45, 7) is 1.37. The van der Waals surface area contributed by atoms with Crippen LogP contribution in [0.2, 0.25) is 0 Å². The molecule has 6 nitrogen and oxygen atoms in total. The molecule has 0 spiro atoms. The molecule has 18 heavy (non-hydrogen) atoms. The van der Waals surface area contributed by atoms with Gasteiger partial charge in [0, 0.05) is 6.04 Å². The summed E-state index contributed by atoms with van der Waals surface area (Å²) in [6.07, 6.45) is -3.42. The lowest BCUT2D eigenvalue weighted by Crippen LogP contribution is -2.22. The first-order valence-corrected chi connectivity index (χ1v) is 5.07. The zero-order chi connectivity index (χ0) is 13.3. The maximum atomic E-state index is 12.6. The van der Waals surface area contributed by atoms with Crippen LogP contribution in [0, 0.1) is 0 Å². The number of aromatic amines is 1. The van der Waals surface area contributed by atoms with Crippen LogP contribution in [0.1, 0.15) is 12.7 Å². The molecule has 1 atom stereocenters. The topological polar surface area (TPSA) is 86.7 Å². The summed E-state index contributed by atoms with van der Waals surface area (Å²) >= 11 is 0. The average molecular weight is 261 g/mol. The highest BCUT2D eigenvalue weighted by Crippen LogP contribution is 2.29. The van der Waals surface area contributed by atoms with E-state index >= 15 is 0 Å². The SMILES string of the molecule is CC(CO)Nc1nc(C(F)(F)F)nc2nc[nH]c12. The molecule has 1 unspecified atom stereocenters. The predicted octanol–water partition coefficient (Wildman–Crippen LogP) is 1.16. The van der Waals surface area contributed by atoms with Gasteiger partial charge in [0.25, 0.3) is 0 Å². The molecule has 9 heteroatoms. The Bertz CT molecular complexity index is 553. The van der Waals surface area contributed by atoms with Crippen LogP contribution in [0.4, 0.5) is 19.0 Å². The number of hydrogen-bond acceptors (Lipinski definition) is 5. The number of aliphatic hydroxyl groups is 1. The van der Waals surface area contributed by atoms with E-state index in [4.69, 9.17) is 5.11 Å². The first-order valence-electron chi connectivity index (χ1n) is 5.07. The molecule has 98 valence electrons. The van der Waals surface area contributed by atoms with Crippen molar-refractivity contribution in [2.24, 2.45) is 0 Å². The van der Waals surface area contributed by atoms with Crippen molar-refractivity contribution in [3.05, 3.63) is 12.2 Å². The first-order chi connectivity index (χ1) is 8.41. The van der Waals surface area contributed by atoms with Gasteiger partial charge in [0.05, 0.1) is 12.9 Å². The van der Waals surface area contributed by atoms with Gasteiger partial charge in [0.15, 0.2) is 11.5 Å². The van der Waals surface area contributed by atoms with Crippen molar-refractivity contribution in [3.8, 4) is 0 Å². The Morgan fingerprint density at radius 2 is 2.17 bits per heavy atom. The molecule has 2 heterocycles. The third-order valence-electron chi connectivity index (χ3n) is 2.20. The number of nitrogens with one attached hydrogen (secondary N) is 2.